The Bertz CT molecular complexity index is 543. The maximum Gasteiger partial charge on any atom is 0.161 e. The van der Waals surface area contributed by atoms with Crippen LogP contribution in [-0.4, -0.2) is 19.8 Å². The summed E-state index contributed by atoms with van der Waals surface area (Å²) in [5.41, 5.74) is 0. The number of hydrogen-bond acceptors (Lipinski definition) is 3. The summed E-state index contributed by atoms with van der Waals surface area (Å²) in [6.07, 6.45) is 0. The highest BCUT2D eigenvalue weighted by Crippen LogP contribution is 2.26. The molecular weight excluding hydrogens is 367 g/mol. The first-order valence-electron chi connectivity index (χ1n) is 6.52. The van der Waals surface area contributed by atoms with Crippen LogP contribution in [0.15, 0.2) is 48.5 Å². The highest BCUT2D eigenvalue weighted by atomic mass is 127. The molecule has 0 atom stereocenters. The van der Waals surface area contributed by atoms with Gasteiger partial charge in [0.05, 0.1) is 6.61 Å². The van der Waals surface area contributed by atoms with Crippen LogP contribution < -0.4 is 14.2 Å². The first-order valence-corrected chi connectivity index (χ1v) is 7.60. The largest absolute Gasteiger partial charge is 0.490 e. The Hall–Kier alpha value is -1.43. The van der Waals surface area contributed by atoms with E-state index in [0.717, 1.165) is 20.8 Å². The highest BCUT2D eigenvalue weighted by Gasteiger charge is 2.03. The monoisotopic (exact) mass is 384 g/mol. The molecule has 0 aromatic heterocycles. The Labute approximate surface area is 133 Å². The van der Waals surface area contributed by atoms with Crippen molar-refractivity contribution in [2.75, 3.05) is 19.8 Å². The third kappa shape index (κ3) is 4.59. The summed E-state index contributed by atoms with van der Waals surface area (Å²) in [5, 5.41) is 0. The third-order valence-electron chi connectivity index (χ3n) is 2.55. The molecule has 0 aliphatic carbocycles. The van der Waals surface area contributed by atoms with E-state index in [4.69, 9.17) is 14.2 Å². The SMILES string of the molecule is CCOc1ccccc1OCCOc1cccc(I)c1. The van der Waals surface area contributed by atoms with Crippen molar-refractivity contribution in [2.45, 2.75) is 6.92 Å². The van der Waals surface area contributed by atoms with Crippen molar-refractivity contribution in [3.8, 4) is 17.2 Å². The van der Waals surface area contributed by atoms with Gasteiger partial charge in [0.25, 0.3) is 0 Å². The molecule has 0 aliphatic heterocycles. The summed E-state index contributed by atoms with van der Waals surface area (Å²) in [5.74, 6) is 2.38. The minimum absolute atomic E-state index is 0.482. The predicted molar refractivity (Wildman–Crippen MR) is 87.8 cm³/mol. The molecule has 4 heteroatoms. The van der Waals surface area contributed by atoms with Gasteiger partial charge in [-0.2, -0.15) is 0 Å². The molecule has 0 saturated carbocycles. The van der Waals surface area contributed by atoms with Crippen LogP contribution in [0.4, 0.5) is 0 Å². The van der Waals surface area contributed by atoms with Crippen molar-refractivity contribution in [1.29, 1.82) is 0 Å². The van der Waals surface area contributed by atoms with Crippen LogP contribution in [0.5, 0.6) is 17.2 Å². The van der Waals surface area contributed by atoms with E-state index in [1.807, 2.05) is 55.5 Å². The minimum Gasteiger partial charge on any atom is -0.490 e. The zero-order chi connectivity index (χ0) is 14.2. The lowest BCUT2D eigenvalue weighted by Gasteiger charge is -2.12. The number of para-hydroxylation sites is 2. The molecule has 2 aromatic carbocycles. The molecule has 0 fully saturated rings. The molecule has 2 aromatic rings. The summed E-state index contributed by atoms with van der Waals surface area (Å²) in [6, 6.07) is 15.6. The lowest BCUT2D eigenvalue weighted by atomic mass is 10.3. The number of benzene rings is 2. The molecule has 0 saturated heterocycles. The van der Waals surface area contributed by atoms with Gasteiger partial charge in [0.15, 0.2) is 11.5 Å². The van der Waals surface area contributed by atoms with E-state index >= 15 is 0 Å². The predicted octanol–water partition coefficient (Wildman–Crippen LogP) is 4.15. The second-order valence-corrected chi connectivity index (χ2v) is 5.28. The molecule has 0 unspecified atom stereocenters. The summed E-state index contributed by atoms with van der Waals surface area (Å²) < 4.78 is 18.0. The van der Waals surface area contributed by atoms with Gasteiger partial charge in [0.2, 0.25) is 0 Å². The van der Waals surface area contributed by atoms with E-state index in [2.05, 4.69) is 22.6 Å². The number of ether oxygens (including phenoxy) is 3. The standard InChI is InChI=1S/C16H17IO3/c1-2-18-15-8-3-4-9-16(15)20-11-10-19-14-7-5-6-13(17)12-14/h3-9,12H,2,10-11H2,1H3. The van der Waals surface area contributed by atoms with Crippen molar-refractivity contribution in [1.82, 2.24) is 0 Å². The molecule has 106 valence electrons. The zero-order valence-electron chi connectivity index (χ0n) is 11.3. The van der Waals surface area contributed by atoms with Gasteiger partial charge in [-0.15, -0.1) is 0 Å². The lowest BCUT2D eigenvalue weighted by Crippen LogP contribution is -2.09. The quantitative estimate of drug-likeness (QED) is 0.530. The van der Waals surface area contributed by atoms with Gasteiger partial charge in [-0.3, -0.25) is 0 Å². The average Bonchev–Trinajstić information content (AvgIpc) is 2.46. The van der Waals surface area contributed by atoms with Crippen LogP contribution in [0.2, 0.25) is 0 Å². The summed E-state index contributed by atoms with van der Waals surface area (Å²) in [6.45, 7) is 3.56. The second-order valence-electron chi connectivity index (χ2n) is 4.03. The molecule has 0 spiro atoms. The van der Waals surface area contributed by atoms with Crippen LogP contribution >= 0.6 is 22.6 Å². The highest BCUT2D eigenvalue weighted by molar-refractivity contribution is 14.1. The Morgan fingerprint density at radius 1 is 0.850 bits per heavy atom. The molecular formula is C16H17IO3. The van der Waals surface area contributed by atoms with Gasteiger partial charge < -0.3 is 14.2 Å². The van der Waals surface area contributed by atoms with Crippen molar-refractivity contribution in [2.24, 2.45) is 0 Å². The van der Waals surface area contributed by atoms with Gasteiger partial charge in [-0.1, -0.05) is 18.2 Å². The molecule has 0 bridgehead atoms. The molecule has 0 N–H and O–H groups in total. The van der Waals surface area contributed by atoms with Crippen molar-refractivity contribution in [3.05, 3.63) is 52.1 Å². The van der Waals surface area contributed by atoms with Crippen LogP contribution in [0, 0.1) is 3.57 Å². The van der Waals surface area contributed by atoms with Gasteiger partial charge in [0, 0.05) is 3.57 Å². The Balaban J connectivity index is 1.81. The lowest BCUT2D eigenvalue weighted by molar-refractivity contribution is 0.208. The normalized spacial score (nSPS) is 10.1. The number of rotatable bonds is 7. The van der Waals surface area contributed by atoms with Gasteiger partial charge in [-0.05, 0) is 59.8 Å². The zero-order valence-corrected chi connectivity index (χ0v) is 13.5. The fourth-order valence-electron chi connectivity index (χ4n) is 1.71. The van der Waals surface area contributed by atoms with Gasteiger partial charge in [-0.25, -0.2) is 0 Å². The van der Waals surface area contributed by atoms with E-state index in [0.29, 0.717) is 19.8 Å². The summed E-state index contributed by atoms with van der Waals surface area (Å²) in [4.78, 5) is 0. The molecule has 0 amide bonds. The van der Waals surface area contributed by atoms with Gasteiger partial charge >= 0.3 is 0 Å². The van der Waals surface area contributed by atoms with E-state index < -0.39 is 0 Å². The fraction of sp³-hybridized carbons (Fsp3) is 0.250. The Kier molecular flexibility index (Phi) is 5.98. The van der Waals surface area contributed by atoms with E-state index in [1.54, 1.807) is 0 Å². The molecule has 3 nitrogen and oxygen atoms in total. The van der Waals surface area contributed by atoms with Crippen molar-refractivity contribution in [3.63, 3.8) is 0 Å². The maximum atomic E-state index is 5.69. The van der Waals surface area contributed by atoms with Crippen LogP contribution in [0.1, 0.15) is 6.92 Å². The topological polar surface area (TPSA) is 27.7 Å². The molecule has 0 radical (unpaired) electrons. The minimum atomic E-state index is 0.482. The Morgan fingerprint density at radius 3 is 2.25 bits per heavy atom. The van der Waals surface area contributed by atoms with E-state index in [9.17, 15) is 0 Å². The van der Waals surface area contributed by atoms with Crippen molar-refractivity contribution < 1.29 is 14.2 Å². The third-order valence-corrected chi connectivity index (χ3v) is 3.23. The first-order chi connectivity index (χ1) is 9.79. The Morgan fingerprint density at radius 2 is 1.55 bits per heavy atom. The average molecular weight is 384 g/mol. The first kappa shape index (κ1) is 15.0. The maximum absolute atomic E-state index is 5.69. The molecule has 0 heterocycles. The second kappa shape index (κ2) is 7.99. The number of halogens is 1. The van der Waals surface area contributed by atoms with E-state index in [1.165, 1.54) is 0 Å². The molecule has 20 heavy (non-hydrogen) atoms. The smallest absolute Gasteiger partial charge is 0.161 e. The molecule has 0 aliphatic rings. The summed E-state index contributed by atoms with van der Waals surface area (Å²) in [7, 11) is 0. The molecule has 2 rings (SSSR count). The summed E-state index contributed by atoms with van der Waals surface area (Å²) >= 11 is 2.26. The van der Waals surface area contributed by atoms with Crippen LogP contribution in [0.25, 0.3) is 0 Å². The van der Waals surface area contributed by atoms with Crippen molar-refractivity contribution >= 4 is 22.6 Å². The van der Waals surface area contributed by atoms with Crippen LogP contribution in [-0.2, 0) is 0 Å². The van der Waals surface area contributed by atoms with E-state index in [-0.39, 0.29) is 0 Å². The van der Waals surface area contributed by atoms with Gasteiger partial charge in [0.1, 0.15) is 19.0 Å². The number of hydrogen-bond donors (Lipinski definition) is 0. The van der Waals surface area contributed by atoms with Crippen LogP contribution in [0.3, 0.4) is 0 Å². The fourth-order valence-corrected chi connectivity index (χ4v) is 2.23.